The normalized spacial score (nSPS) is 10.6. The van der Waals surface area contributed by atoms with Crippen molar-refractivity contribution in [1.82, 2.24) is 20.9 Å². The van der Waals surface area contributed by atoms with Gasteiger partial charge in [0.2, 0.25) is 0 Å². The van der Waals surface area contributed by atoms with Crippen LogP contribution in [0.5, 0.6) is 0 Å². The number of amides is 1. The summed E-state index contributed by atoms with van der Waals surface area (Å²) < 4.78 is 0. The number of thiophene rings is 1. The molecule has 0 saturated heterocycles. The second-order valence-electron chi connectivity index (χ2n) is 4.76. The molecule has 0 saturated carbocycles. The highest BCUT2D eigenvalue weighted by Gasteiger charge is 2.04. The number of aromatic nitrogens is 1. The highest BCUT2D eigenvalue weighted by atomic mass is 127. The number of carbonyl (C=O) groups excluding carboxylic acids is 1. The summed E-state index contributed by atoms with van der Waals surface area (Å²) in [4.78, 5) is 20.9. The molecule has 0 aliphatic carbocycles. The molecule has 0 bridgehead atoms. The average Bonchev–Trinajstić information content (AvgIpc) is 3.12. The Morgan fingerprint density at radius 1 is 1.17 bits per heavy atom. The number of nitrogens with one attached hydrogen (secondary N) is 3. The van der Waals surface area contributed by atoms with E-state index in [4.69, 9.17) is 0 Å². The van der Waals surface area contributed by atoms with Gasteiger partial charge < -0.3 is 16.0 Å². The molecule has 2 heterocycles. The minimum Gasteiger partial charge on any atom is -0.356 e. The van der Waals surface area contributed by atoms with Gasteiger partial charge in [-0.3, -0.25) is 14.8 Å². The second kappa shape index (κ2) is 11.8. The number of pyridine rings is 1. The third-order valence-corrected chi connectivity index (χ3v) is 3.93. The summed E-state index contributed by atoms with van der Waals surface area (Å²) in [6.45, 7) is 1.98. The molecule has 0 atom stereocenters. The van der Waals surface area contributed by atoms with E-state index in [1.165, 1.54) is 11.3 Å². The summed E-state index contributed by atoms with van der Waals surface area (Å²) >= 11 is 1.45. The first-order valence-electron chi connectivity index (χ1n) is 7.45. The molecule has 6 nitrogen and oxygen atoms in total. The SMILES string of the molecule is CN=C(NCCCNC(=O)c1cccs1)NCc1ccccn1.I. The zero-order chi connectivity index (χ0) is 16.3. The Kier molecular flexibility index (Phi) is 10.0. The Bertz CT molecular complexity index is 619. The van der Waals surface area contributed by atoms with Gasteiger partial charge in [-0.1, -0.05) is 12.1 Å². The first-order chi connectivity index (χ1) is 11.3. The third-order valence-electron chi connectivity index (χ3n) is 3.06. The van der Waals surface area contributed by atoms with Gasteiger partial charge in [0.25, 0.3) is 5.91 Å². The number of nitrogens with zero attached hydrogens (tertiary/aromatic N) is 2. The lowest BCUT2D eigenvalue weighted by atomic mass is 10.3. The number of rotatable bonds is 7. The quantitative estimate of drug-likeness (QED) is 0.257. The van der Waals surface area contributed by atoms with Crippen LogP contribution in [-0.2, 0) is 6.54 Å². The lowest BCUT2D eigenvalue weighted by Crippen LogP contribution is -2.38. The molecule has 24 heavy (non-hydrogen) atoms. The van der Waals surface area contributed by atoms with Crippen molar-refractivity contribution in [2.75, 3.05) is 20.1 Å². The lowest BCUT2D eigenvalue weighted by Gasteiger charge is -2.11. The predicted molar refractivity (Wildman–Crippen MR) is 109 cm³/mol. The maximum atomic E-state index is 11.8. The molecule has 0 aromatic carbocycles. The van der Waals surface area contributed by atoms with Crippen molar-refractivity contribution in [2.24, 2.45) is 4.99 Å². The smallest absolute Gasteiger partial charge is 0.261 e. The molecular weight excluding hydrogens is 437 g/mol. The number of aliphatic imine (C=N–C) groups is 1. The van der Waals surface area contributed by atoms with Gasteiger partial charge in [-0.25, -0.2) is 0 Å². The van der Waals surface area contributed by atoms with E-state index in [9.17, 15) is 4.79 Å². The van der Waals surface area contributed by atoms with E-state index < -0.39 is 0 Å². The van der Waals surface area contributed by atoms with E-state index >= 15 is 0 Å². The van der Waals surface area contributed by atoms with Gasteiger partial charge in [-0.15, -0.1) is 35.3 Å². The molecule has 0 aliphatic rings. The maximum Gasteiger partial charge on any atom is 0.261 e. The van der Waals surface area contributed by atoms with Gasteiger partial charge >= 0.3 is 0 Å². The van der Waals surface area contributed by atoms with Gasteiger partial charge in [0.05, 0.1) is 17.1 Å². The predicted octanol–water partition coefficient (Wildman–Crippen LogP) is 2.25. The summed E-state index contributed by atoms with van der Waals surface area (Å²) in [5.41, 5.74) is 0.957. The van der Waals surface area contributed by atoms with Crippen LogP contribution in [-0.4, -0.2) is 37.0 Å². The molecule has 1 amide bonds. The summed E-state index contributed by atoms with van der Waals surface area (Å²) in [6, 6.07) is 9.50. The van der Waals surface area contributed by atoms with Crippen LogP contribution < -0.4 is 16.0 Å². The van der Waals surface area contributed by atoms with E-state index in [0.29, 0.717) is 13.1 Å². The van der Waals surface area contributed by atoms with Gasteiger partial charge in [0, 0.05) is 26.3 Å². The van der Waals surface area contributed by atoms with Crippen molar-refractivity contribution >= 4 is 47.2 Å². The van der Waals surface area contributed by atoms with Crippen LogP contribution in [0, 0.1) is 0 Å². The Morgan fingerprint density at radius 2 is 2.00 bits per heavy atom. The Labute approximate surface area is 163 Å². The molecule has 8 heteroatoms. The monoisotopic (exact) mass is 459 g/mol. The molecular formula is C16H22IN5OS. The van der Waals surface area contributed by atoms with E-state index in [-0.39, 0.29) is 29.9 Å². The number of carbonyl (C=O) groups is 1. The third kappa shape index (κ3) is 7.26. The molecule has 2 aromatic heterocycles. The van der Waals surface area contributed by atoms with E-state index in [1.807, 2.05) is 35.7 Å². The molecule has 0 spiro atoms. The number of hydrogen-bond donors (Lipinski definition) is 3. The summed E-state index contributed by atoms with van der Waals surface area (Å²) in [5.74, 6) is 0.706. The van der Waals surface area contributed by atoms with Crippen LogP contribution in [0.15, 0.2) is 46.9 Å². The minimum absolute atomic E-state index is 0. The summed E-state index contributed by atoms with van der Waals surface area (Å²) in [7, 11) is 1.73. The fourth-order valence-corrected chi connectivity index (χ4v) is 2.53. The zero-order valence-corrected chi connectivity index (χ0v) is 16.6. The van der Waals surface area contributed by atoms with Crippen molar-refractivity contribution < 1.29 is 4.79 Å². The zero-order valence-electron chi connectivity index (χ0n) is 13.5. The van der Waals surface area contributed by atoms with E-state index in [2.05, 4.69) is 25.9 Å². The fraction of sp³-hybridized carbons (Fsp3) is 0.312. The number of hydrogen-bond acceptors (Lipinski definition) is 4. The van der Waals surface area contributed by atoms with Crippen LogP contribution in [0.25, 0.3) is 0 Å². The van der Waals surface area contributed by atoms with Crippen molar-refractivity contribution in [1.29, 1.82) is 0 Å². The standard InChI is InChI=1S/C16H21N5OS.HI/c1-17-16(21-12-13-6-2-3-8-18-13)20-10-5-9-19-15(22)14-7-4-11-23-14;/h2-4,6-8,11H,5,9-10,12H2,1H3,(H,19,22)(H2,17,20,21);1H. The molecule has 0 fully saturated rings. The summed E-state index contributed by atoms with van der Waals surface area (Å²) in [6.07, 6.45) is 2.59. The molecule has 0 unspecified atom stereocenters. The first-order valence-corrected chi connectivity index (χ1v) is 8.33. The molecule has 2 rings (SSSR count). The topological polar surface area (TPSA) is 78.4 Å². The van der Waals surface area contributed by atoms with E-state index in [0.717, 1.165) is 29.5 Å². The minimum atomic E-state index is -0.0161. The molecule has 3 N–H and O–H groups in total. The first kappa shape index (κ1) is 20.4. The van der Waals surface area contributed by atoms with Crippen molar-refractivity contribution in [2.45, 2.75) is 13.0 Å². The maximum absolute atomic E-state index is 11.8. The van der Waals surface area contributed by atoms with Crippen LogP contribution >= 0.6 is 35.3 Å². The van der Waals surface area contributed by atoms with Crippen LogP contribution in [0.1, 0.15) is 21.8 Å². The second-order valence-corrected chi connectivity index (χ2v) is 5.71. The van der Waals surface area contributed by atoms with Crippen molar-refractivity contribution in [3.8, 4) is 0 Å². The fourth-order valence-electron chi connectivity index (χ4n) is 1.89. The van der Waals surface area contributed by atoms with Crippen molar-refractivity contribution in [3.63, 3.8) is 0 Å². The van der Waals surface area contributed by atoms with Crippen LogP contribution in [0.3, 0.4) is 0 Å². The molecule has 0 aliphatic heterocycles. The van der Waals surface area contributed by atoms with Gasteiger partial charge in [-0.05, 0) is 30.0 Å². The summed E-state index contributed by atoms with van der Waals surface area (Å²) in [5, 5.41) is 11.2. The van der Waals surface area contributed by atoms with Gasteiger partial charge in [-0.2, -0.15) is 0 Å². The molecule has 2 aromatic rings. The van der Waals surface area contributed by atoms with Gasteiger partial charge in [0.1, 0.15) is 0 Å². The number of guanidine groups is 1. The largest absolute Gasteiger partial charge is 0.356 e. The van der Waals surface area contributed by atoms with Crippen molar-refractivity contribution in [3.05, 3.63) is 52.5 Å². The molecule has 130 valence electrons. The Hall–Kier alpha value is -1.68. The van der Waals surface area contributed by atoms with Gasteiger partial charge in [0.15, 0.2) is 5.96 Å². The van der Waals surface area contributed by atoms with Crippen LogP contribution in [0.2, 0.25) is 0 Å². The lowest BCUT2D eigenvalue weighted by molar-refractivity contribution is 0.0957. The average molecular weight is 459 g/mol. The number of halogens is 1. The highest BCUT2D eigenvalue weighted by Crippen LogP contribution is 2.07. The van der Waals surface area contributed by atoms with E-state index in [1.54, 1.807) is 13.2 Å². The molecule has 0 radical (unpaired) electrons. The highest BCUT2D eigenvalue weighted by molar-refractivity contribution is 14.0. The Morgan fingerprint density at radius 3 is 2.67 bits per heavy atom. The Balaban J connectivity index is 0.00000288. The van der Waals surface area contributed by atoms with Crippen LogP contribution in [0.4, 0.5) is 0 Å².